The molecule has 0 radical (unpaired) electrons. The molecule has 1 heterocycles. The van der Waals surface area contributed by atoms with Gasteiger partial charge in [-0.1, -0.05) is 17.8 Å². The average Bonchev–Trinajstić information content (AvgIpc) is 2.84. The smallest absolute Gasteiger partial charge is 0.293 e. The first-order chi connectivity index (χ1) is 9.97. The van der Waals surface area contributed by atoms with E-state index in [4.69, 9.17) is 0 Å². The molecular weight excluding hydrogens is 292 g/mol. The van der Waals surface area contributed by atoms with Crippen LogP contribution in [0.3, 0.4) is 0 Å². The van der Waals surface area contributed by atoms with Crippen molar-refractivity contribution in [3.8, 4) is 0 Å². The van der Waals surface area contributed by atoms with E-state index in [1.165, 1.54) is 23.9 Å². The van der Waals surface area contributed by atoms with Crippen molar-refractivity contribution in [2.24, 2.45) is 7.05 Å². The third-order valence-electron chi connectivity index (χ3n) is 2.73. The van der Waals surface area contributed by atoms with E-state index in [0.29, 0.717) is 5.16 Å². The molecule has 0 aliphatic heterocycles. The highest BCUT2D eigenvalue weighted by Crippen LogP contribution is 2.25. The third kappa shape index (κ3) is 3.82. The average molecular weight is 306 g/mol. The molecule has 1 aromatic carbocycles. The predicted octanol–water partition coefficient (Wildman–Crippen LogP) is 2.37. The fourth-order valence-corrected chi connectivity index (χ4v) is 2.44. The second kappa shape index (κ2) is 6.40. The second-order valence-corrected chi connectivity index (χ2v) is 5.38. The molecule has 1 N–H and O–H groups in total. The fourth-order valence-electron chi connectivity index (χ4n) is 1.71. The minimum absolute atomic E-state index is 0.106. The Kier molecular flexibility index (Phi) is 4.59. The number of carbonyl (C=O) groups excluding carboxylic acids is 1. The van der Waals surface area contributed by atoms with Crippen LogP contribution < -0.4 is 5.32 Å². The summed E-state index contributed by atoms with van der Waals surface area (Å²) in [4.78, 5) is 26.5. The van der Waals surface area contributed by atoms with Gasteiger partial charge in [0.1, 0.15) is 5.69 Å². The van der Waals surface area contributed by atoms with Gasteiger partial charge in [-0.2, -0.15) is 0 Å². The zero-order valence-corrected chi connectivity index (χ0v) is 12.4. The lowest BCUT2D eigenvalue weighted by Gasteiger charge is -2.06. The van der Waals surface area contributed by atoms with Crippen LogP contribution in [0.25, 0.3) is 0 Å². The first kappa shape index (κ1) is 15.0. The summed E-state index contributed by atoms with van der Waals surface area (Å²) < 4.78 is 1.80. The molecule has 110 valence electrons. The van der Waals surface area contributed by atoms with Crippen molar-refractivity contribution in [2.45, 2.75) is 12.1 Å². The zero-order chi connectivity index (χ0) is 15.4. The standard InChI is InChI=1S/C13H14N4O3S/c1-9-3-4-10(11(7-9)17(19)20)15-12(18)8-21-13-14-5-6-16(13)2/h3-7H,8H2,1-2H3,(H,15,18). The highest BCUT2D eigenvalue weighted by atomic mass is 32.2. The summed E-state index contributed by atoms with van der Waals surface area (Å²) in [5.41, 5.74) is 0.864. The van der Waals surface area contributed by atoms with E-state index in [-0.39, 0.29) is 23.0 Å². The maximum atomic E-state index is 11.9. The van der Waals surface area contributed by atoms with Crippen LogP contribution in [0, 0.1) is 17.0 Å². The topological polar surface area (TPSA) is 90.1 Å². The molecule has 0 saturated carbocycles. The molecule has 0 aliphatic carbocycles. The number of hydrogen-bond donors (Lipinski definition) is 1. The monoisotopic (exact) mass is 306 g/mol. The lowest BCUT2D eigenvalue weighted by molar-refractivity contribution is -0.384. The van der Waals surface area contributed by atoms with Gasteiger partial charge in [0.05, 0.1) is 10.7 Å². The van der Waals surface area contributed by atoms with Gasteiger partial charge in [0.15, 0.2) is 5.16 Å². The minimum atomic E-state index is -0.505. The summed E-state index contributed by atoms with van der Waals surface area (Å²) in [6.07, 6.45) is 3.43. The van der Waals surface area contributed by atoms with Crippen LogP contribution in [0.5, 0.6) is 0 Å². The van der Waals surface area contributed by atoms with E-state index < -0.39 is 4.92 Å². The van der Waals surface area contributed by atoms with Gasteiger partial charge in [-0.3, -0.25) is 14.9 Å². The number of rotatable bonds is 5. The zero-order valence-electron chi connectivity index (χ0n) is 11.6. The molecule has 8 heteroatoms. The molecule has 0 fully saturated rings. The van der Waals surface area contributed by atoms with Gasteiger partial charge in [0.25, 0.3) is 5.69 Å². The molecule has 0 atom stereocenters. The SMILES string of the molecule is Cc1ccc(NC(=O)CSc2nccn2C)c([N+](=O)[O-])c1. The van der Waals surface area contributed by atoms with E-state index in [2.05, 4.69) is 10.3 Å². The van der Waals surface area contributed by atoms with Crippen molar-refractivity contribution in [2.75, 3.05) is 11.1 Å². The normalized spacial score (nSPS) is 10.4. The Hall–Kier alpha value is -2.35. The molecule has 0 aliphatic rings. The molecular formula is C13H14N4O3S. The van der Waals surface area contributed by atoms with E-state index in [0.717, 1.165) is 5.56 Å². The Balaban J connectivity index is 2.03. The predicted molar refractivity (Wildman–Crippen MR) is 80.4 cm³/mol. The number of nitrogens with one attached hydrogen (secondary N) is 1. The number of amides is 1. The number of aromatic nitrogens is 2. The Morgan fingerprint density at radius 3 is 2.90 bits per heavy atom. The molecule has 0 bridgehead atoms. The van der Waals surface area contributed by atoms with E-state index >= 15 is 0 Å². The molecule has 1 amide bonds. The third-order valence-corrected chi connectivity index (χ3v) is 3.79. The maximum Gasteiger partial charge on any atom is 0.293 e. The second-order valence-electron chi connectivity index (χ2n) is 4.44. The van der Waals surface area contributed by atoms with E-state index in [1.807, 2.05) is 7.05 Å². The number of carbonyl (C=O) groups is 1. The van der Waals surface area contributed by atoms with Crippen molar-refractivity contribution in [1.29, 1.82) is 0 Å². The lowest BCUT2D eigenvalue weighted by atomic mass is 10.2. The van der Waals surface area contributed by atoms with Crippen LogP contribution >= 0.6 is 11.8 Å². The number of hydrogen-bond acceptors (Lipinski definition) is 5. The molecule has 21 heavy (non-hydrogen) atoms. The molecule has 7 nitrogen and oxygen atoms in total. The molecule has 0 saturated heterocycles. The number of imidazole rings is 1. The van der Waals surface area contributed by atoms with Crippen molar-refractivity contribution in [3.63, 3.8) is 0 Å². The largest absolute Gasteiger partial charge is 0.329 e. The summed E-state index contributed by atoms with van der Waals surface area (Å²) in [6, 6.07) is 4.69. The van der Waals surface area contributed by atoms with Gasteiger partial charge in [-0.05, 0) is 18.6 Å². The highest BCUT2D eigenvalue weighted by molar-refractivity contribution is 7.99. The maximum absolute atomic E-state index is 11.9. The van der Waals surface area contributed by atoms with Crippen molar-refractivity contribution < 1.29 is 9.72 Å². The lowest BCUT2D eigenvalue weighted by Crippen LogP contribution is -2.15. The van der Waals surface area contributed by atoms with Gasteiger partial charge < -0.3 is 9.88 Å². The number of nitrogens with zero attached hydrogens (tertiary/aromatic N) is 3. The van der Waals surface area contributed by atoms with Crippen molar-refractivity contribution in [1.82, 2.24) is 9.55 Å². The summed E-state index contributed by atoms with van der Waals surface area (Å²) in [5, 5.41) is 14.3. The summed E-state index contributed by atoms with van der Waals surface area (Å²) in [7, 11) is 1.83. The van der Waals surface area contributed by atoms with Crippen LogP contribution in [0.4, 0.5) is 11.4 Å². The highest BCUT2D eigenvalue weighted by Gasteiger charge is 2.16. The number of nitro benzene ring substituents is 1. The number of benzene rings is 1. The minimum Gasteiger partial charge on any atom is -0.329 e. The molecule has 0 unspecified atom stereocenters. The van der Waals surface area contributed by atoms with E-state index in [1.54, 1.807) is 30.0 Å². The Morgan fingerprint density at radius 2 is 2.29 bits per heavy atom. The first-order valence-electron chi connectivity index (χ1n) is 6.12. The Morgan fingerprint density at radius 1 is 1.52 bits per heavy atom. The van der Waals surface area contributed by atoms with Gasteiger partial charge in [0.2, 0.25) is 5.91 Å². The summed E-state index contributed by atoms with van der Waals surface area (Å²) in [6.45, 7) is 1.76. The molecule has 1 aromatic heterocycles. The van der Waals surface area contributed by atoms with Gasteiger partial charge >= 0.3 is 0 Å². The number of thioether (sulfide) groups is 1. The molecule has 2 rings (SSSR count). The van der Waals surface area contributed by atoms with Crippen LogP contribution in [0.15, 0.2) is 35.7 Å². The quantitative estimate of drug-likeness (QED) is 0.520. The number of anilines is 1. The van der Waals surface area contributed by atoms with Crippen LogP contribution in [0.1, 0.15) is 5.56 Å². The van der Waals surface area contributed by atoms with Crippen molar-refractivity contribution in [3.05, 3.63) is 46.3 Å². The van der Waals surface area contributed by atoms with Gasteiger partial charge in [0, 0.05) is 25.5 Å². The summed E-state index contributed by atoms with van der Waals surface area (Å²) in [5.74, 6) is -0.175. The molecule has 2 aromatic rings. The fraction of sp³-hybridized carbons (Fsp3) is 0.231. The number of aryl methyl sites for hydroxylation is 2. The van der Waals surface area contributed by atoms with Crippen LogP contribution in [-0.2, 0) is 11.8 Å². The molecule has 0 spiro atoms. The Bertz CT molecular complexity index is 684. The number of nitro groups is 1. The van der Waals surface area contributed by atoms with Gasteiger partial charge in [-0.15, -0.1) is 0 Å². The Labute approximate surface area is 125 Å². The van der Waals surface area contributed by atoms with Crippen LogP contribution in [-0.4, -0.2) is 26.1 Å². The van der Waals surface area contributed by atoms with Crippen LogP contribution in [0.2, 0.25) is 0 Å². The summed E-state index contributed by atoms with van der Waals surface area (Å²) >= 11 is 1.27. The van der Waals surface area contributed by atoms with Gasteiger partial charge in [-0.25, -0.2) is 4.98 Å². The first-order valence-corrected chi connectivity index (χ1v) is 7.11. The van der Waals surface area contributed by atoms with E-state index in [9.17, 15) is 14.9 Å². The van der Waals surface area contributed by atoms with Crippen molar-refractivity contribution >= 4 is 29.0 Å².